The number of nitrogens with zero attached hydrogens (tertiary/aromatic N) is 4. The lowest BCUT2D eigenvalue weighted by Crippen LogP contribution is -1.83. The van der Waals surface area contributed by atoms with Crippen molar-refractivity contribution in [1.29, 1.82) is 0 Å². The third-order valence-electron chi connectivity index (χ3n) is 1.85. The summed E-state index contributed by atoms with van der Waals surface area (Å²) in [6.45, 7) is 1.83. The van der Waals surface area contributed by atoms with Gasteiger partial charge in [0.1, 0.15) is 11.4 Å². The van der Waals surface area contributed by atoms with Crippen molar-refractivity contribution in [1.82, 2.24) is 15.2 Å². The number of hydrogen-bond acceptors (Lipinski definition) is 5. The second-order valence-corrected chi connectivity index (χ2v) is 2.99. The summed E-state index contributed by atoms with van der Waals surface area (Å²) in [4.78, 5) is 3.92. The summed E-state index contributed by atoms with van der Waals surface area (Å²) in [5.41, 5.74) is 7.63. The summed E-state index contributed by atoms with van der Waals surface area (Å²) in [6.07, 6.45) is 3.30. The molecular formula is C9H10N6. The van der Waals surface area contributed by atoms with Crippen molar-refractivity contribution in [3.63, 3.8) is 0 Å². The predicted octanol–water partition coefficient (Wildman–Crippen LogP) is 2.11. The van der Waals surface area contributed by atoms with E-state index in [0.717, 1.165) is 5.69 Å². The van der Waals surface area contributed by atoms with Gasteiger partial charge in [-0.3, -0.25) is 10.1 Å². The number of anilines is 1. The summed E-state index contributed by atoms with van der Waals surface area (Å²) < 4.78 is 0. The van der Waals surface area contributed by atoms with Crippen LogP contribution in [0.25, 0.3) is 0 Å². The first-order valence-electron chi connectivity index (χ1n) is 4.39. The first kappa shape index (κ1) is 9.32. The number of aryl methyl sites for hydroxylation is 1. The molecule has 15 heavy (non-hydrogen) atoms. The predicted molar refractivity (Wildman–Crippen MR) is 56.2 cm³/mol. The molecular weight excluding hydrogens is 192 g/mol. The second kappa shape index (κ2) is 3.87. The van der Waals surface area contributed by atoms with E-state index in [0.29, 0.717) is 17.2 Å². The smallest absolute Gasteiger partial charge is 0.173 e. The van der Waals surface area contributed by atoms with Crippen LogP contribution in [0.3, 0.4) is 0 Å². The molecule has 0 bridgehead atoms. The van der Waals surface area contributed by atoms with Crippen molar-refractivity contribution >= 4 is 17.2 Å². The Kier molecular flexibility index (Phi) is 2.40. The highest BCUT2D eigenvalue weighted by Gasteiger charge is 2.04. The van der Waals surface area contributed by atoms with Crippen LogP contribution in [0.1, 0.15) is 5.69 Å². The van der Waals surface area contributed by atoms with Crippen LogP contribution in [0, 0.1) is 6.92 Å². The lowest BCUT2D eigenvalue weighted by molar-refractivity contribution is 1.05. The van der Waals surface area contributed by atoms with Gasteiger partial charge in [0, 0.05) is 6.20 Å². The van der Waals surface area contributed by atoms with E-state index >= 15 is 0 Å². The van der Waals surface area contributed by atoms with Gasteiger partial charge in [-0.15, -0.1) is 10.2 Å². The zero-order valence-corrected chi connectivity index (χ0v) is 8.18. The zero-order chi connectivity index (χ0) is 10.7. The number of hydrogen-bond donors (Lipinski definition) is 2. The molecule has 76 valence electrons. The summed E-state index contributed by atoms with van der Waals surface area (Å²) in [6, 6.07) is 3.60. The van der Waals surface area contributed by atoms with Crippen LogP contribution in [0.4, 0.5) is 17.2 Å². The number of aromatic amines is 1. The summed E-state index contributed by atoms with van der Waals surface area (Å²) >= 11 is 0. The summed E-state index contributed by atoms with van der Waals surface area (Å²) in [7, 11) is 0. The molecule has 0 atom stereocenters. The van der Waals surface area contributed by atoms with Gasteiger partial charge in [-0.25, -0.2) is 0 Å². The molecule has 0 saturated heterocycles. The Balaban J connectivity index is 2.26. The molecule has 2 heterocycles. The Morgan fingerprint density at radius 3 is 2.87 bits per heavy atom. The lowest BCUT2D eigenvalue weighted by atomic mass is 10.4. The van der Waals surface area contributed by atoms with Gasteiger partial charge in [-0.2, -0.15) is 5.10 Å². The molecule has 0 amide bonds. The van der Waals surface area contributed by atoms with Crippen molar-refractivity contribution in [3.05, 3.63) is 30.2 Å². The standard InChI is InChI=1S/C9H10N6/c1-6-8(9(10)15-12-6)14-13-7-3-2-4-11-5-7/h2-5H,1H3,(H3,10,12,15). The van der Waals surface area contributed by atoms with Crippen LogP contribution < -0.4 is 5.73 Å². The minimum absolute atomic E-state index is 0.347. The minimum atomic E-state index is 0.347. The van der Waals surface area contributed by atoms with Crippen molar-refractivity contribution in [2.75, 3.05) is 5.73 Å². The van der Waals surface area contributed by atoms with Gasteiger partial charge in [0.15, 0.2) is 5.82 Å². The van der Waals surface area contributed by atoms with Crippen LogP contribution >= 0.6 is 0 Å². The Morgan fingerprint density at radius 1 is 1.40 bits per heavy atom. The fraction of sp³-hybridized carbons (Fsp3) is 0.111. The molecule has 0 spiro atoms. The van der Waals surface area contributed by atoms with Gasteiger partial charge in [0.05, 0.1) is 11.9 Å². The van der Waals surface area contributed by atoms with E-state index in [1.807, 2.05) is 13.0 Å². The molecule has 0 unspecified atom stereocenters. The number of H-pyrrole nitrogens is 1. The van der Waals surface area contributed by atoms with Crippen molar-refractivity contribution < 1.29 is 0 Å². The average molecular weight is 202 g/mol. The maximum Gasteiger partial charge on any atom is 0.173 e. The topological polar surface area (TPSA) is 92.3 Å². The molecule has 0 aliphatic heterocycles. The molecule has 0 aliphatic carbocycles. The van der Waals surface area contributed by atoms with Crippen molar-refractivity contribution in [2.24, 2.45) is 10.2 Å². The molecule has 2 rings (SSSR count). The highest BCUT2D eigenvalue weighted by molar-refractivity contribution is 5.59. The number of rotatable bonds is 2. The second-order valence-electron chi connectivity index (χ2n) is 2.99. The Labute approximate surface area is 86.3 Å². The molecule has 0 fully saturated rings. The summed E-state index contributed by atoms with van der Waals surface area (Å²) in [5, 5.41) is 14.5. The normalized spacial score (nSPS) is 11.0. The first-order chi connectivity index (χ1) is 7.27. The zero-order valence-electron chi connectivity index (χ0n) is 8.18. The molecule has 3 N–H and O–H groups in total. The highest BCUT2D eigenvalue weighted by atomic mass is 15.2. The van der Waals surface area contributed by atoms with Crippen LogP contribution in [-0.2, 0) is 0 Å². The van der Waals surface area contributed by atoms with Gasteiger partial charge in [0.2, 0.25) is 0 Å². The van der Waals surface area contributed by atoms with E-state index in [-0.39, 0.29) is 0 Å². The first-order valence-corrected chi connectivity index (χ1v) is 4.39. The van der Waals surface area contributed by atoms with Crippen LogP contribution in [0.5, 0.6) is 0 Å². The van der Waals surface area contributed by atoms with E-state index in [1.54, 1.807) is 18.5 Å². The molecule has 0 saturated carbocycles. The monoisotopic (exact) mass is 202 g/mol. The number of azo groups is 1. The molecule has 6 nitrogen and oxygen atoms in total. The van der Waals surface area contributed by atoms with E-state index in [1.165, 1.54) is 0 Å². The van der Waals surface area contributed by atoms with Crippen LogP contribution in [0.2, 0.25) is 0 Å². The maximum atomic E-state index is 5.59. The highest BCUT2D eigenvalue weighted by Crippen LogP contribution is 2.25. The van der Waals surface area contributed by atoms with Gasteiger partial charge in [-0.05, 0) is 19.1 Å². The number of nitrogens with two attached hydrogens (primary N) is 1. The van der Waals surface area contributed by atoms with Crippen molar-refractivity contribution in [2.45, 2.75) is 6.92 Å². The fourth-order valence-corrected chi connectivity index (χ4v) is 1.09. The molecule has 6 heteroatoms. The molecule has 0 aromatic carbocycles. The Bertz CT molecular complexity index is 453. The van der Waals surface area contributed by atoms with Gasteiger partial charge in [0.25, 0.3) is 0 Å². The third-order valence-corrected chi connectivity index (χ3v) is 1.85. The number of nitrogens with one attached hydrogen (secondary N) is 1. The Hall–Kier alpha value is -2.24. The average Bonchev–Trinajstić information content (AvgIpc) is 2.58. The largest absolute Gasteiger partial charge is 0.380 e. The molecule has 0 radical (unpaired) electrons. The number of pyridine rings is 1. The Morgan fingerprint density at radius 2 is 2.27 bits per heavy atom. The molecule has 0 aliphatic rings. The van der Waals surface area contributed by atoms with E-state index in [9.17, 15) is 0 Å². The van der Waals surface area contributed by atoms with E-state index in [4.69, 9.17) is 5.73 Å². The molecule has 2 aromatic rings. The lowest BCUT2D eigenvalue weighted by Gasteiger charge is -1.91. The van der Waals surface area contributed by atoms with Gasteiger partial charge < -0.3 is 5.73 Å². The summed E-state index contributed by atoms with van der Waals surface area (Å²) in [5.74, 6) is 0.347. The minimum Gasteiger partial charge on any atom is -0.380 e. The molecule has 2 aromatic heterocycles. The van der Waals surface area contributed by atoms with Crippen molar-refractivity contribution in [3.8, 4) is 0 Å². The number of aromatic nitrogens is 3. The van der Waals surface area contributed by atoms with Crippen LogP contribution in [-0.4, -0.2) is 15.2 Å². The van der Waals surface area contributed by atoms with E-state index < -0.39 is 0 Å². The quantitative estimate of drug-likeness (QED) is 0.730. The van der Waals surface area contributed by atoms with E-state index in [2.05, 4.69) is 25.4 Å². The van der Waals surface area contributed by atoms with Crippen LogP contribution in [0.15, 0.2) is 34.8 Å². The van der Waals surface area contributed by atoms with Gasteiger partial charge in [-0.1, -0.05) is 0 Å². The fourth-order valence-electron chi connectivity index (χ4n) is 1.09. The maximum absolute atomic E-state index is 5.59. The number of nitrogen functional groups attached to an aromatic ring is 1. The third kappa shape index (κ3) is 1.98. The SMILES string of the molecule is Cc1[nH]nc(N)c1N=Nc1cccnc1. The van der Waals surface area contributed by atoms with Gasteiger partial charge >= 0.3 is 0 Å².